The smallest absolute Gasteiger partial charge is 0.274 e. The molecule has 2 heterocycles. The van der Waals surface area contributed by atoms with Gasteiger partial charge < -0.3 is 14.2 Å². The van der Waals surface area contributed by atoms with E-state index in [2.05, 4.69) is 35.5 Å². The second-order valence-electron chi connectivity index (χ2n) is 7.00. The number of ether oxygens (including phenoxy) is 1. The van der Waals surface area contributed by atoms with Crippen LogP contribution in [0.25, 0.3) is 0 Å². The highest BCUT2D eigenvalue weighted by atomic mass is 16.5. The lowest BCUT2D eigenvalue weighted by molar-refractivity contribution is 0.0750. The average molecular weight is 355 g/mol. The van der Waals surface area contributed by atoms with E-state index in [1.807, 2.05) is 23.2 Å². The molecule has 3 rings (SSSR count). The van der Waals surface area contributed by atoms with Crippen LogP contribution >= 0.6 is 0 Å². The molecule has 1 aromatic carbocycles. The Morgan fingerprint density at radius 1 is 1.31 bits per heavy atom. The number of hydrogen-bond donors (Lipinski definition) is 0. The van der Waals surface area contributed by atoms with Crippen molar-refractivity contribution in [1.82, 2.24) is 14.5 Å². The summed E-state index contributed by atoms with van der Waals surface area (Å²) in [6.45, 7) is 6.66. The van der Waals surface area contributed by atoms with Gasteiger partial charge in [0.05, 0.1) is 7.11 Å². The first kappa shape index (κ1) is 18.5. The second kappa shape index (κ2) is 8.39. The minimum atomic E-state index is 0.0635. The van der Waals surface area contributed by atoms with Crippen molar-refractivity contribution >= 4 is 5.91 Å². The Morgan fingerprint density at radius 2 is 2.08 bits per heavy atom. The maximum Gasteiger partial charge on any atom is 0.274 e. The minimum Gasteiger partial charge on any atom is -0.497 e. The number of hydrogen-bond acceptors (Lipinski definition) is 3. The van der Waals surface area contributed by atoms with Crippen molar-refractivity contribution in [1.29, 1.82) is 0 Å². The third-order valence-corrected chi connectivity index (χ3v) is 5.05. The van der Waals surface area contributed by atoms with Crippen LogP contribution in [-0.2, 0) is 13.0 Å². The summed E-state index contributed by atoms with van der Waals surface area (Å²) in [6.07, 6.45) is 5.83. The summed E-state index contributed by atoms with van der Waals surface area (Å²) in [5, 5.41) is 0. The Hall–Kier alpha value is -2.30. The largest absolute Gasteiger partial charge is 0.497 e. The molecule has 1 amide bonds. The van der Waals surface area contributed by atoms with Gasteiger partial charge in [-0.1, -0.05) is 26.0 Å². The van der Waals surface area contributed by atoms with Gasteiger partial charge in [-0.25, -0.2) is 4.98 Å². The number of carbonyl (C=O) groups is 1. The predicted octanol–water partition coefficient (Wildman–Crippen LogP) is 3.88. The lowest BCUT2D eigenvalue weighted by Crippen LogP contribution is -2.32. The van der Waals surface area contributed by atoms with Gasteiger partial charge in [0.25, 0.3) is 5.91 Å². The highest BCUT2D eigenvalue weighted by Crippen LogP contribution is 2.30. The predicted molar refractivity (Wildman–Crippen MR) is 103 cm³/mol. The summed E-state index contributed by atoms with van der Waals surface area (Å²) in [7, 11) is 1.70. The molecule has 0 N–H and O–H groups in total. The van der Waals surface area contributed by atoms with Crippen LogP contribution in [0.15, 0.2) is 30.5 Å². The summed E-state index contributed by atoms with van der Waals surface area (Å²) >= 11 is 0. The maximum atomic E-state index is 12.8. The molecule has 26 heavy (non-hydrogen) atoms. The van der Waals surface area contributed by atoms with Crippen molar-refractivity contribution in [2.24, 2.45) is 0 Å². The first-order valence-corrected chi connectivity index (χ1v) is 9.65. The van der Waals surface area contributed by atoms with Crippen LogP contribution in [0.3, 0.4) is 0 Å². The molecule has 5 heteroatoms. The lowest BCUT2D eigenvalue weighted by atomic mass is 9.91. The standard InChI is InChI=1S/C21H29N3O2/c1-4-11-23(12-5-2)21(25)19-15-24-14-17(9-10-20(24)22-19)16-7-6-8-18(13-16)26-3/h6-8,13,15,17H,4-5,9-12,14H2,1-3H3. The van der Waals surface area contributed by atoms with Crippen molar-refractivity contribution in [2.75, 3.05) is 20.2 Å². The Kier molecular flexibility index (Phi) is 5.96. The van der Waals surface area contributed by atoms with E-state index in [9.17, 15) is 4.79 Å². The molecular formula is C21H29N3O2. The summed E-state index contributed by atoms with van der Waals surface area (Å²) in [5.74, 6) is 2.41. The van der Waals surface area contributed by atoms with Crippen molar-refractivity contribution in [3.05, 3.63) is 47.5 Å². The molecule has 0 saturated carbocycles. The molecule has 1 unspecified atom stereocenters. The number of nitrogens with zero attached hydrogens (tertiary/aromatic N) is 3. The van der Waals surface area contributed by atoms with Gasteiger partial charge >= 0.3 is 0 Å². The number of amides is 1. The molecule has 0 spiro atoms. The Labute approximate surface area is 156 Å². The molecule has 0 bridgehead atoms. The van der Waals surface area contributed by atoms with E-state index in [0.717, 1.165) is 56.9 Å². The van der Waals surface area contributed by atoms with Gasteiger partial charge in [0.2, 0.25) is 0 Å². The van der Waals surface area contributed by atoms with E-state index in [0.29, 0.717) is 11.6 Å². The summed E-state index contributed by atoms with van der Waals surface area (Å²) in [4.78, 5) is 19.4. The number of imidazole rings is 1. The maximum absolute atomic E-state index is 12.8. The van der Waals surface area contributed by atoms with Crippen molar-refractivity contribution in [3.63, 3.8) is 0 Å². The molecular weight excluding hydrogens is 326 g/mol. The summed E-state index contributed by atoms with van der Waals surface area (Å²) in [6, 6.07) is 8.29. The van der Waals surface area contributed by atoms with E-state index in [4.69, 9.17) is 4.74 Å². The first-order chi connectivity index (χ1) is 12.7. The van der Waals surface area contributed by atoms with Gasteiger partial charge in [-0.15, -0.1) is 0 Å². The van der Waals surface area contributed by atoms with Crippen LogP contribution in [0.1, 0.15) is 60.9 Å². The zero-order valence-electron chi connectivity index (χ0n) is 16.1. The van der Waals surface area contributed by atoms with Crippen molar-refractivity contribution < 1.29 is 9.53 Å². The van der Waals surface area contributed by atoms with Crippen LogP contribution in [0.2, 0.25) is 0 Å². The van der Waals surface area contributed by atoms with E-state index in [-0.39, 0.29) is 5.91 Å². The van der Waals surface area contributed by atoms with Crippen LogP contribution < -0.4 is 4.74 Å². The molecule has 0 saturated heterocycles. The molecule has 1 aliphatic heterocycles. The van der Waals surface area contributed by atoms with Crippen molar-refractivity contribution in [2.45, 2.75) is 52.0 Å². The molecule has 140 valence electrons. The van der Waals surface area contributed by atoms with E-state index < -0.39 is 0 Å². The van der Waals surface area contributed by atoms with E-state index in [1.165, 1.54) is 5.56 Å². The van der Waals surface area contributed by atoms with Crippen LogP contribution in [0.4, 0.5) is 0 Å². The van der Waals surface area contributed by atoms with Gasteiger partial charge in [0.1, 0.15) is 17.3 Å². The van der Waals surface area contributed by atoms with Gasteiger partial charge in [-0.2, -0.15) is 0 Å². The highest BCUT2D eigenvalue weighted by Gasteiger charge is 2.25. The Balaban J connectivity index is 1.77. The number of aryl methyl sites for hydroxylation is 1. The number of fused-ring (bicyclic) bond motifs is 1. The van der Waals surface area contributed by atoms with Crippen LogP contribution in [0.5, 0.6) is 5.75 Å². The van der Waals surface area contributed by atoms with Gasteiger partial charge in [0, 0.05) is 38.2 Å². The number of aromatic nitrogens is 2. The van der Waals surface area contributed by atoms with Crippen LogP contribution in [-0.4, -0.2) is 40.6 Å². The number of methoxy groups -OCH3 is 1. The molecule has 2 aromatic rings. The number of rotatable bonds is 7. The average Bonchev–Trinajstić information content (AvgIpc) is 3.10. The van der Waals surface area contributed by atoms with E-state index in [1.54, 1.807) is 7.11 Å². The minimum absolute atomic E-state index is 0.0635. The Bertz CT molecular complexity index is 747. The third kappa shape index (κ3) is 3.92. The SMILES string of the molecule is CCCN(CCC)C(=O)c1cn2c(n1)CCC(c1cccc(OC)c1)C2. The fraction of sp³-hybridized carbons (Fsp3) is 0.524. The first-order valence-electron chi connectivity index (χ1n) is 9.65. The molecule has 0 aliphatic carbocycles. The Morgan fingerprint density at radius 3 is 2.77 bits per heavy atom. The van der Waals surface area contributed by atoms with E-state index >= 15 is 0 Å². The molecule has 1 atom stereocenters. The van der Waals surface area contributed by atoms with Gasteiger partial charge in [-0.3, -0.25) is 4.79 Å². The third-order valence-electron chi connectivity index (χ3n) is 5.05. The molecule has 0 fully saturated rings. The summed E-state index contributed by atoms with van der Waals surface area (Å²) in [5.41, 5.74) is 1.88. The number of carbonyl (C=O) groups excluding carboxylic acids is 1. The molecule has 0 radical (unpaired) electrons. The highest BCUT2D eigenvalue weighted by molar-refractivity contribution is 5.92. The summed E-state index contributed by atoms with van der Waals surface area (Å²) < 4.78 is 7.52. The topological polar surface area (TPSA) is 47.4 Å². The molecule has 1 aromatic heterocycles. The lowest BCUT2D eigenvalue weighted by Gasteiger charge is -2.24. The van der Waals surface area contributed by atoms with Gasteiger partial charge in [-0.05, 0) is 37.0 Å². The van der Waals surface area contributed by atoms with Crippen LogP contribution in [0, 0.1) is 0 Å². The number of benzene rings is 1. The molecule has 5 nitrogen and oxygen atoms in total. The monoisotopic (exact) mass is 355 g/mol. The second-order valence-corrected chi connectivity index (χ2v) is 7.00. The normalized spacial score (nSPS) is 16.2. The zero-order chi connectivity index (χ0) is 18.5. The quantitative estimate of drug-likeness (QED) is 0.757. The van der Waals surface area contributed by atoms with Gasteiger partial charge in [0.15, 0.2) is 0 Å². The van der Waals surface area contributed by atoms with Crippen molar-refractivity contribution in [3.8, 4) is 5.75 Å². The zero-order valence-corrected chi connectivity index (χ0v) is 16.1. The fourth-order valence-corrected chi connectivity index (χ4v) is 3.73. The fourth-order valence-electron chi connectivity index (χ4n) is 3.73. The molecule has 1 aliphatic rings.